The maximum absolute atomic E-state index is 14.2. The van der Waals surface area contributed by atoms with Crippen molar-refractivity contribution in [1.29, 1.82) is 0 Å². The summed E-state index contributed by atoms with van der Waals surface area (Å²) in [6.07, 6.45) is 2.22. The summed E-state index contributed by atoms with van der Waals surface area (Å²) in [5.41, 5.74) is 6.24. The predicted molar refractivity (Wildman–Crippen MR) is 86.9 cm³/mol. The van der Waals surface area contributed by atoms with Crippen molar-refractivity contribution in [2.24, 2.45) is 5.73 Å². The number of primary amides is 1. The molecule has 0 radical (unpaired) electrons. The average molecular weight is 340 g/mol. The van der Waals surface area contributed by atoms with Gasteiger partial charge < -0.3 is 19.9 Å². The zero-order valence-electron chi connectivity index (χ0n) is 14.2. The fourth-order valence-electron chi connectivity index (χ4n) is 2.89. The number of hydrogen-bond donors (Lipinski definition) is 1. The molecule has 2 N–H and O–H groups in total. The van der Waals surface area contributed by atoms with Gasteiger partial charge in [-0.1, -0.05) is 12.5 Å². The standard InChI is InChI=1S/C17H25FN2O4/c1-22-16(23-2)11-24-15-7-6-12(9-13(15)18)10-20-8-4-3-5-14(20)17(19)21/h6-7,9,14,16H,3-5,8,10-11H2,1-2H3,(H2,19,21). The summed E-state index contributed by atoms with van der Waals surface area (Å²) in [4.78, 5) is 13.6. The molecule has 0 aliphatic carbocycles. The van der Waals surface area contributed by atoms with Crippen molar-refractivity contribution in [2.45, 2.75) is 38.1 Å². The molecule has 1 atom stereocenters. The Morgan fingerprint density at radius 1 is 1.38 bits per heavy atom. The van der Waals surface area contributed by atoms with Crippen LogP contribution in [0.1, 0.15) is 24.8 Å². The van der Waals surface area contributed by atoms with E-state index in [0.29, 0.717) is 6.54 Å². The van der Waals surface area contributed by atoms with E-state index in [1.807, 2.05) is 4.90 Å². The van der Waals surface area contributed by atoms with E-state index in [9.17, 15) is 9.18 Å². The second kappa shape index (κ2) is 8.96. The molecule has 0 bridgehead atoms. The molecule has 1 aliphatic rings. The molecule has 1 unspecified atom stereocenters. The van der Waals surface area contributed by atoms with Crippen molar-refractivity contribution in [3.8, 4) is 5.75 Å². The lowest BCUT2D eigenvalue weighted by Gasteiger charge is -2.33. The number of hydrogen-bond acceptors (Lipinski definition) is 5. The Hall–Kier alpha value is -1.70. The van der Waals surface area contributed by atoms with Gasteiger partial charge in [-0.25, -0.2) is 4.39 Å². The Kier molecular flexibility index (Phi) is 6.96. The Bertz CT molecular complexity index is 551. The van der Waals surface area contributed by atoms with E-state index in [0.717, 1.165) is 31.4 Å². The number of methoxy groups -OCH3 is 2. The monoisotopic (exact) mass is 340 g/mol. The fraction of sp³-hybridized carbons (Fsp3) is 0.588. The SMILES string of the molecule is COC(COc1ccc(CN2CCCCC2C(N)=O)cc1F)OC. The van der Waals surface area contributed by atoms with Crippen LogP contribution in [0.15, 0.2) is 18.2 Å². The summed E-state index contributed by atoms with van der Waals surface area (Å²) in [6.45, 7) is 1.37. The van der Waals surface area contributed by atoms with E-state index in [4.69, 9.17) is 19.9 Å². The van der Waals surface area contributed by atoms with Crippen molar-refractivity contribution in [3.05, 3.63) is 29.6 Å². The van der Waals surface area contributed by atoms with Crippen LogP contribution in [0.2, 0.25) is 0 Å². The highest BCUT2D eigenvalue weighted by molar-refractivity contribution is 5.79. The minimum atomic E-state index is -0.547. The molecule has 24 heavy (non-hydrogen) atoms. The van der Waals surface area contributed by atoms with Crippen molar-refractivity contribution in [3.63, 3.8) is 0 Å². The molecule has 1 fully saturated rings. The van der Waals surface area contributed by atoms with Gasteiger partial charge in [0.15, 0.2) is 17.9 Å². The average Bonchev–Trinajstić information content (AvgIpc) is 2.57. The van der Waals surface area contributed by atoms with Crippen LogP contribution in [0.5, 0.6) is 5.75 Å². The van der Waals surface area contributed by atoms with Crippen molar-refractivity contribution >= 4 is 5.91 Å². The van der Waals surface area contributed by atoms with E-state index in [1.54, 1.807) is 12.1 Å². The third-order valence-electron chi connectivity index (χ3n) is 4.22. The summed E-state index contributed by atoms with van der Waals surface area (Å²) in [5, 5.41) is 0. The molecule has 2 rings (SSSR count). The summed E-state index contributed by atoms with van der Waals surface area (Å²) in [7, 11) is 2.98. The number of ether oxygens (including phenoxy) is 3. The maximum atomic E-state index is 14.2. The van der Waals surface area contributed by atoms with E-state index in [1.165, 1.54) is 20.3 Å². The van der Waals surface area contributed by atoms with Gasteiger partial charge in [-0.15, -0.1) is 0 Å². The molecule has 1 amide bonds. The first-order chi connectivity index (χ1) is 11.5. The summed E-state index contributed by atoms with van der Waals surface area (Å²) < 4.78 is 29.6. The van der Waals surface area contributed by atoms with Gasteiger partial charge in [0.05, 0.1) is 6.04 Å². The largest absolute Gasteiger partial charge is 0.485 e. The Balaban J connectivity index is 1.99. The second-order valence-electron chi connectivity index (χ2n) is 5.86. The van der Waals surface area contributed by atoms with E-state index in [-0.39, 0.29) is 24.3 Å². The lowest BCUT2D eigenvalue weighted by atomic mass is 10.0. The highest BCUT2D eigenvalue weighted by atomic mass is 19.1. The number of nitrogens with two attached hydrogens (primary N) is 1. The molecule has 1 aliphatic heterocycles. The molecule has 6 nitrogen and oxygen atoms in total. The molecule has 1 saturated heterocycles. The van der Waals surface area contributed by atoms with Crippen molar-refractivity contribution in [2.75, 3.05) is 27.4 Å². The fourth-order valence-corrected chi connectivity index (χ4v) is 2.89. The molecule has 1 aromatic carbocycles. The van der Waals surface area contributed by atoms with Gasteiger partial charge >= 0.3 is 0 Å². The number of amides is 1. The van der Waals surface area contributed by atoms with Crippen LogP contribution >= 0.6 is 0 Å². The van der Waals surface area contributed by atoms with Crippen LogP contribution in [0.4, 0.5) is 4.39 Å². The number of carbonyl (C=O) groups is 1. The second-order valence-corrected chi connectivity index (χ2v) is 5.86. The lowest BCUT2D eigenvalue weighted by molar-refractivity contribution is -0.124. The number of likely N-dealkylation sites (tertiary alicyclic amines) is 1. The van der Waals surface area contributed by atoms with Crippen LogP contribution in [0, 0.1) is 5.82 Å². The molecule has 1 aromatic rings. The van der Waals surface area contributed by atoms with E-state index >= 15 is 0 Å². The number of carbonyl (C=O) groups excluding carboxylic acids is 1. The Labute approximate surface area is 141 Å². The quantitative estimate of drug-likeness (QED) is 0.729. The molecule has 0 spiro atoms. The van der Waals surface area contributed by atoms with Crippen molar-refractivity contribution < 1.29 is 23.4 Å². The molecule has 0 saturated carbocycles. The third kappa shape index (κ3) is 4.90. The smallest absolute Gasteiger partial charge is 0.234 e. The summed E-state index contributed by atoms with van der Waals surface area (Å²) in [5.74, 6) is -0.630. The van der Waals surface area contributed by atoms with Crippen LogP contribution < -0.4 is 10.5 Å². The number of rotatable bonds is 8. The molecular weight excluding hydrogens is 315 g/mol. The molecule has 1 heterocycles. The highest BCUT2D eigenvalue weighted by Gasteiger charge is 2.26. The highest BCUT2D eigenvalue weighted by Crippen LogP contribution is 2.23. The minimum absolute atomic E-state index is 0.0964. The molecule has 0 aromatic heterocycles. The zero-order valence-corrected chi connectivity index (χ0v) is 14.2. The van der Waals surface area contributed by atoms with Gasteiger partial charge in [-0.2, -0.15) is 0 Å². The predicted octanol–water partition coefficient (Wildman–Crippen LogP) is 1.66. The first-order valence-electron chi connectivity index (χ1n) is 8.05. The lowest BCUT2D eigenvalue weighted by Crippen LogP contribution is -2.47. The van der Waals surface area contributed by atoms with Gasteiger partial charge in [-0.05, 0) is 37.1 Å². The van der Waals surface area contributed by atoms with Gasteiger partial charge in [0.1, 0.15) is 6.61 Å². The van der Waals surface area contributed by atoms with Crippen LogP contribution in [-0.4, -0.2) is 50.5 Å². The number of halogens is 1. The number of benzene rings is 1. The van der Waals surface area contributed by atoms with Gasteiger partial charge in [0.2, 0.25) is 5.91 Å². The van der Waals surface area contributed by atoms with Gasteiger partial charge in [0, 0.05) is 20.8 Å². The van der Waals surface area contributed by atoms with Crippen molar-refractivity contribution in [1.82, 2.24) is 4.90 Å². The van der Waals surface area contributed by atoms with Gasteiger partial charge in [-0.3, -0.25) is 9.69 Å². The van der Waals surface area contributed by atoms with E-state index in [2.05, 4.69) is 0 Å². The number of nitrogens with zero attached hydrogens (tertiary/aromatic N) is 1. The first kappa shape index (κ1) is 18.6. The molecule has 7 heteroatoms. The summed E-state index contributed by atoms with van der Waals surface area (Å²) in [6, 6.07) is 4.52. The minimum Gasteiger partial charge on any atom is -0.485 e. The summed E-state index contributed by atoms with van der Waals surface area (Å²) >= 11 is 0. The van der Waals surface area contributed by atoms with Gasteiger partial charge in [0.25, 0.3) is 0 Å². The topological polar surface area (TPSA) is 74.0 Å². The Morgan fingerprint density at radius 2 is 2.12 bits per heavy atom. The first-order valence-corrected chi connectivity index (χ1v) is 8.05. The molecule has 134 valence electrons. The third-order valence-corrected chi connectivity index (χ3v) is 4.22. The van der Waals surface area contributed by atoms with E-state index < -0.39 is 12.1 Å². The zero-order chi connectivity index (χ0) is 17.5. The maximum Gasteiger partial charge on any atom is 0.234 e. The van der Waals surface area contributed by atoms with Crippen LogP contribution in [-0.2, 0) is 20.8 Å². The van der Waals surface area contributed by atoms with Crippen LogP contribution in [0.3, 0.4) is 0 Å². The number of piperidine rings is 1. The van der Waals surface area contributed by atoms with Crippen LogP contribution in [0.25, 0.3) is 0 Å². The normalized spacial score (nSPS) is 18.8. The molecular formula is C17H25FN2O4. The Morgan fingerprint density at radius 3 is 2.75 bits per heavy atom.